The zero-order chi connectivity index (χ0) is 21.1. The molecule has 0 spiro atoms. The number of amides is 2. The maximum absolute atomic E-state index is 12.6. The van der Waals surface area contributed by atoms with Crippen molar-refractivity contribution in [2.75, 3.05) is 5.32 Å². The predicted octanol–water partition coefficient (Wildman–Crippen LogP) is 0.460. The Bertz CT molecular complexity index is 1080. The van der Waals surface area contributed by atoms with Crippen LogP contribution in [0.2, 0.25) is 0 Å². The lowest BCUT2D eigenvalue weighted by atomic mass is 10.3. The molecule has 0 aliphatic carbocycles. The number of nitrogens with zero attached hydrogens (tertiary/aromatic N) is 7. The molecule has 3 aromatic heterocycles. The van der Waals surface area contributed by atoms with E-state index in [2.05, 4.69) is 25.9 Å². The quantitative estimate of drug-likeness (QED) is 0.430. The number of nitrogens with one attached hydrogen (secondary N) is 2. The highest BCUT2D eigenvalue weighted by Crippen LogP contribution is 2.20. The van der Waals surface area contributed by atoms with Gasteiger partial charge in [0.1, 0.15) is 11.9 Å². The average molecular weight is 401 g/mol. The number of aryl methyl sites for hydroxylation is 3. The fraction of sp³-hybridized carbons (Fsp3) is 0.312. The maximum atomic E-state index is 12.6. The van der Waals surface area contributed by atoms with Gasteiger partial charge in [-0.15, -0.1) is 0 Å². The summed E-state index contributed by atoms with van der Waals surface area (Å²) in [6, 6.07) is 0. The van der Waals surface area contributed by atoms with Crippen LogP contribution >= 0.6 is 0 Å². The summed E-state index contributed by atoms with van der Waals surface area (Å²) in [5.74, 6) is -1.28. The number of nitro groups is 1. The van der Waals surface area contributed by atoms with Gasteiger partial charge in [-0.25, -0.2) is 0 Å². The van der Waals surface area contributed by atoms with E-state index in [4.69, 9.17) is 0 Å². The van der Waals surface area contributed by atoms with Crippen molar-refractivity contribution in [2.45, 2.75) is 20.0 Å². The van der Waals surface area contributed by atoms with Gasteiger partial charge in [0, 0.05) is 38.9 Å². The molecule has 3 aromatic rings. The minimum absolute atomic E-state index is 0.0971. The SMILES string of the molecule is CCn1cc([N+](=O)[O-])c(C(=O)Nc2cnn(C)c2C(=O)NCc2cnn(C)c2)n1. The van der Waals surface area contributed by atoms with E-state index < -0.39 is 22.4 Å². The van der Waals surface area contributed by atoms with Crippen molar-refractivity contribution in [3.63, 3.8) is 0 Å². The molecule has 0 atom stereocenters. The third-order valence-corrected chi connectivity index (χ3v) is 4.09. The van der Waals surface area contributed by atoms with E-state index in [1.807, 2.05) is 0 Å². The average Bonchev–Trinajstić information content (AvgIpc) is 3.38. The second kappa shape index (κ2) is 7.92. The van der Waals surface area contributed by atoms with Gasteiger partial charge in [0.2, 0.25) is 5.69 Å². The molecular formula is C16H19N9O4. The molecule has 0 fully saturated rings. The van der Waals surface area contributed by atoms with Crippen LogP contribution in [0.25, 0.3) is 0 Å². The molecule has 0 aromatic carbocycles. The van der Waals surface area contributed by atoms with Crippen LogP contribution in [0.3, 0.4) is 0 Å². The topological polar surface area (TPSA) is 155 Å². The second-order valence-corrected chi connectivity index (χ2v) is 6.17. The van der Waals surface area contributed by atoms with Gasteiger partial charge in [0.15, 0.2) is 0 Å². The molecule has 0 saturated carbocycles. The number of rotatable bonds is 7. The minimum atomic E-state index is -0.807. The molecule has 0 bridgehead atoms. The van der Waals surface area contributed by atoms with E-state index in [-0.39, 0.29) is 23.6 Å². The number of aromatic nitrogens is 6. The Morgan fingerprint density at radius 1 is 1.17 bits per heavy atom. The normalized spacial score (nSPS) is 10.7. The smallest absolute Gasteiger partial charge is 0.320 e. The van der Waals surface area contributed by atoms with Crippen LogP contribution < -0.4 is 10.6 Å². The molecule has 29 heavy (non-hydrogen) atoms. The predicted molar refractivity (Wildman–Crippen MR) is 100 cm³/mol. The molecule has 0 saturated heterocycles. The second-order valence-electron chi connectivity index (χ2n) is 6.17. The number of hydrogen-bond acceptors (Lipinski definition) is 7. The van der Waals surface area contributed by atoms with Gasteiger partial charge < -0.3 is 10.6 Å². The van der Waals surface area contributed by atoms with Crippen molar-refractivity contribution < 1.29 is 14.5 Å². The third kappa shape index (κ3) is 4.12. The first-order valence-electron chi connectivity index (χ1n) is 8.61. The van der Waals surface area contributed by atoms with Gasteiger partial charge >= 0.3 is 5.69 Å². The van der Waals surface area contributed by atoms with Crippen LogP contribution in [-0.2, 0) is 27.2 Å². The van der Waals surface area contributed by atoms with Crippen LogP contribution in [-0.4, -0.2) is 46.1 Å². The van der Waals surface area contributed by atoms with Crippen LogP contribution in [0.4, 0.5) is 11.4 Å². The summed E-state index contributed by atoms with van der Waals surface area (Å²) in [7, 11) is 3.31. The summed E-state index contributed by atoms with van der Waals surface area (Å²) in [6.45, 7) is 2.34. The highest BCUT2D eigenvalue weighted by molar-refractivity contribution is 6.09. The molecule has 0 aliphatic rings. The van der Waals surface area contributed by atoms with Gasteiger partial charge in [-0.1, -0.05) is 0 Å². The lowest BCUT2D eigenvalue weighted by Gasteiger charge is -2.07. The van der Waals surface area contributed by atoms with Crippen LogP contribution in [0.1, 0.15) is 33.5 Å². The zero-order valence-electron chi connectivity index (χ0n) is 16.0. The molecule has 13 heteroatoms. The standard InChI is InChI=1S/C16H19N9O4/c1-4-24-9-12(25(28)29)13(21-24)15(26)20-11-7-19-23(3)14(11)16(27)17-5-10-6-18-22(2)8-10/h6-9H,4-5H2,1-3H3,(H,17,27)(H,20,26). The molecule has 152 valence electrons. The number of carbonyl (C=O) groups is 2. The largest absolute Gasteiger partial charge is 0.346 e. The van der Waals surface area contributed by atoms with E-state index >= 15 is 0 Å². The summed E-state index contributed by atoms with van der Waals surface area (Å²) in [4.78, 5) is 35.7. The molecule has 2 N–H and O–H groups in total. The van der Waals surface area contributed by atoms with Gasteiger partial charge in [-0.3, -0.25) is 33.7 Å². The van der Waals surface area contributed by atoms with Crippen molar-refractivity contribution in [1.29, 1.82) is 0 Å². The summed E-state index contributed by atoms with van der Waals surface area (Å²) in [5, 5.41) is 28.3. The van der Waals surface area contributed by atoms with Crippen molar-refractivity contribution in [1.82, 2.24) is 34.7 Å². The fourth-order valence-electron chi connectivity index (χ4n) is 2.68. The number of hydrogen-bond donors (Lipinski definition) is 2. The highest BCUT2D eigenvalue weighted by Gasteiger charge is 2.27. The molecule has 3 heterocycles. The van der Waals surface area contributed by atoms with E-state index in [9.17, 15) is 19.7 Å². The summed E-state index contributed by atoms with van der Waals surface area (Å²) < 4.78 is 4.20. The fourth-order valence-corrected chi connectivity index (χ4v) is 2.68. The van der Waals surface area contributed by atoms with Crippen molar-refractivity contribution >= 4 is 23.2 Å². The molecule has 0 radical (unpaired) electrons. The van der Waals surface area contributed by atoms with Crippen molar-refractivity contribution in [3.05, 3.63) is 51.9 Å². The lowest BCUT2D eigenvalue weighted by Crippen LogP contribution is -2.27. The van der Waals surface area contributed by atoms with E-state index in [0.717, 1.165) is 5.56 Å². The van der Waals surface area contributed by atoms with Crippen molar-refractivity contribution in [3.8, 4) is 0 Å². The Labute approximate surface area is 164 Å². The number of anilines is 1. The Morgan fingerprint density at radius 2 is 1.93 bits per heavy atom. The van der Waals surface area contributed by atoms with Crippen molar-refractivity contribution in [2.24, 2.45) is 14.1 Å². The first-order chi connectivity index (χ1) is 13.8. The van der Waals surface area contributed by atoms with Crippen LogP contribution in [0.5, 0.6) is 0 Å². The monoisotopic (exact) mass is 401 g/mol. The Balaban J connectivity index is 1.79. The minimum Gasteiger partial charge on any atom is -0.346 e. The zero-order valence-corrected chi connectivity index (χ0v) is 16.0. The molecule has 13 nitrogen and oxygen atoms in total. The number of carbonyl (C=O) groups excluding carboxylic acids is 2. The van der Waals surface area contributed by atoms with Crippen LogP contribution in [0.15, 0.2) is 24.8 Å². The van der Waals surface area contributed by atoms with Gasteiger partial charge in [-0.2, -0.15) is 15.3 Å². The molecule has 0 aliphatic heterocycles. The third-order valence-electron chi connectivity index (χ3n) is 4.09. The summed E-state index contributed by atoms with van der Waals surface area (Å²) in [6.07, 6.45) is 5.85. The van der Waals surface area contributed by atoms with Gasteiger partial charge in [0.25, 0.3) is 11.8 Å². The Kier molecular flexibility index (Phi) is 5.38. The maximum Gasteiger partial charge on any atom is 0.320 e. The summed E-state index contributed by atoms with van der Waals surface area (Å²) >= 11 is 0. The Morgan fingerprint density at radius 3 is 2.55 bits per heavy atom. The summed E-state index contributed by atoms with van der Waals surface area (Å²) in [5.41, 5.74) is 0.244. The van der Waals surface area contributed by atoms with E-state index in [1.54, 1.807) is 38.1 Å². The first-order valence-corrected chi connectivity index (χ1v) is 8.61. The van der Waals surface area contributed by atoms with Gasteiger partial charge in [0.05, 0.1) is 23.0 Å². The first kappa shape index (κ1) is 19.7. The van der Waals surface area contributed by atoms with E-state index in [1.165, 1.54) is 21.8 Å². The van der Waals surface area contributed by atoms with Gasteiger partial charge in [-0.05, 0) is 6.92 Å². The Hall–Kier alpha value is -4.03. The molecule has 3 rings (SSSR count). The lowest BCUT2D eigenvalue weighted by molar-refractivity contribution is -0.385. The van der Waals surface area contributed by atoms with Crippen LogP contribution in [0, 0.1) is 10.1 Å². The van der Waals surface area contributed by atoms with E-state index in [0.29, 0.717) is 6.54 Å². The molecular weight excluding hydrogens is 382 g/mol. The highest BCUT2D eigenvalue weighted by atomic mass is 16.6. The molecule has 2 amide bonds. The molecule has 0 unspecified atom stereocenters.